The maximum Gasteiger partial charge on any atom is 0.186 e. The van der Waals surface area contributed by atoms with E-state index >= 15 is 0 Å². The molecule has 96 valence electrons. The summed E-state index contributed by atoms with van der Waals surface area (Å²) < 4.78 is 21.9. The highest BCUT2D eigenvalue weighted by molar-refractivity contribution is 9.11. The van der Waals surface area contributed by atoms with E-state index in [2.05, 4.69) is 20.9 Å². The van der Waals surface area contributed by atoms with Gasteiger partial charge in [0.05, 0.1) is 4.88 Å². The number of rotatable bonds is 3. The van der Waals surface area contributed by atoms with Gasteiger partial charge in [0.1, 0.15) is 0 Å². The van der Waals surface area contributed by atoms with Crippen LogP contribution in [0.3, 0.4) is 0 Å². The molecule has 2 N–H and O–H groups in total. The van der Waals surface area contributed by atoms with Crippen molar-refractivity contribution in [1.29, 1.82) is 0 Å². The minimum Gasteiger partial charge on any atom is -0.375 e. The maximum atomic E-state index is 11.7. The third-order valence-corrected chi connectivity index (χ3v) is 6.73. The zero-order valence-corrected chi connectivity index (χ0v) is 12.9. The van der Waals surface area contributed by atoms with E-state index in [0.717, 1.165) is 11.3 Å². The van der Waals surface area contributed by atoms with Gasteiger partial charge in [0.25, 0.3) is 0 Å². The lowest BCUT2D eigenvalue weighted by atomic mass is 10.1. The van der Waals surface area contributed by atoms with Gasteiger partial charge < -0.3 is 5.73 Å². The van der Waals surface area contributed by atoms with E-state index < -0.39 is 14.4 Å². The summed E-state index contributed by atoms with van der Waals surface area (Å²) in [6.07, 6.45) is 1.43. The molecule has 0 aliphatic carbocycles. The van der Waals surface area contributed by atoms with E-state index in [9.17, 15) is 8.42 Å². The second kappa shape index (κ2) is 5.16. The average Bonchev–Trinajstić information content (AvgIpc) is 2.75. The van der Waals surface area contributed by atoms with Gasteiger partial charge in [-0.3, -0.25) is 0 Å². The number of nitrogen functional groups attached to an aromatic ring is 1. The van der Waals surface area contributed by atoms with E-state index in [0.29, 0.717) is 20.6 Å². The van der Waals surface area contributed by atoms with Crippen LogP contribution in [0.1, 0.15) is 10.4 Å². The molecule has 0 radical (unpaired) electrons. The van der Waals surface area contributed by atoms with Gasteiger partial charge >= 0.3 is 0 Å². The minimum absolute atomic E-state index is 0.303. The summed E-state index contributed by atoms with van der Waals surface area (Å²) in [4.78, 5) is 4.35. The topological polar surface area (TPSA) is 73.0 Å². The Bertz CT molecular complexity index is 651. The predicted octanol–water partition coefficient (Wildman–Crippen LogP) is 2.59. The standard InChI is InChI=1S/C10H8BrClN2O2S2/c11-10(18(15)16,8-5-14-9(13)17-8)6-3-1-2-4-7(6)12/h1-5,18H,(H2,13,14). The van der Waals surface area contributed by atoms with E-state index in [1.165, 1.54) is 6.20 Å². The van der Waals surface area contributed by atoms with Crippen LogP contribution in [0, 0.1) is 0 Å². The fraction of sp³-hybridized carbons (Fsp3) is 0.100. The Hall–Kier alpha value is -0.630. The first-order valence-corrected chi connectivity index (χ1v) is 7.93. The van der Waals surface area contributed by atoms with Crippen LogP contribution in [0.15, 0.2) is 30.5 Å². The lowest BCUT2D eigenvalue weighted by molar-refractivity contribution is 0.606. The zero-order valence-electron chi connectivity index (χ0n) is 8.84. The van der Waals surface area contributed by atoms with Crippen molar-refractivity contribution in [3.8, 4) is 0 Å². The van der Waals surface area contributed by atoms with Crippen molar-refractivity contribution in [3.63, 3.8) is 0 Å². The SMILES string of the molecule is Nc1ncc(C(Br)(c2ccccc2Cl)[SH](=O)=O)s1. The van der Waals surface area contributed by atoms with Crippen molar-refractivity contribution < 1.29 is 8.42 Å². The Balaban J connectivity index is 2.70. The van der Waals surface area contributed by atoms with Gasteiger partial charge in [0.15, 0.2) is 19.5 Å². The Morgan fingerprint density at radius 3 is 2.56 bits per heavy atom. The molecule has 0 saturated carbocycles. The molecule has 1 atom stereocenters. The van der Waals surface area contributed by atoms with Crippen LogP contribution in [0.4, 0.5) is 5.13 Å². The molecular weight excluding hydrogens is 360 g/mol. The number of thiazole rings is 1. The number of nitrogens with two attached hydrogens (primary N) is 1. The van der Waals surface area contributed by atoms with E-state index in [1.54, 1.807) is 24.3 Å². The lowest BCUT2D eigenvalue weighted by Gasteiger charge is -2.20. The fourth-order valence-electron chi connectivity index (χ4n) is 1.49. The highest BCUT2D eigenvalue weighted by Gasteiger charge is 2.38. The number of halogens is 2. The van der Waals surface area contributed by atoms with Crippen LogP contribution in [0.25, 0.3) is 0 Å². The molecule has 0 saturated heterocycles. The number of hydrogen-bond donors (Lipinski definition) is 2. The number of alkyl halides is 1. The van der Waals surface area contributed by atoms with Crippen molar-refractivity contribution in [1.82, 2.24) is 4.98 Å². The first-order chi connectivity index (χ1) is 8.46. The Morgan fingerprint density at radius 1 is 1.39 bits per heavy atom. The summed E-state index contributed by atoms with van der Waals surface area (Å²) in [5.41, 5.74) is 6.00. The molecule has 1 aromatic carbocycles. The third kappa shape index (κ3) is 2.27. The van der Waals surface area contributed by atoms with Gasteiger partial charge in [0.2, 0.25) is 0 Å². The van der Waals surface area contributed by atoms with Gasteiger partial charge in [0, 0.05) is 16.8 Å². The molecule has 1 unspecified atom stereocenters. The normalized spacial score (nSPS) is 14.6. The van der Waals surface area contributed by atoms with Gasteiger partial charge in [-0.15, -0.1) is 0 Å². The zero-order chi connectivity index (χ0) is 13.3. The Morgan fingerprint density at radius 2 is 2.06 bits per heavy atom. The van der Waals surface area contributed by atoms with E-state index in [-0.39, 0.29) is 0 Å². The third-order valence-electron chi connectivity index (χ3n) is 2.33. The van der Waals surface area contributed by atoms with Crippen molar-refractivity contribution >= 4 is 54.7 Å². The molecule has 1 aromatic heterocycles. The van der Waals surface area contributed by atoms with Crippen LogP contribution in [0.5, 0.6) is 0 Å². The van der Waals surface area contributed by atoms with Crippen LogP contribution in [0.2, 0.25) is 5.02 Å². The second-order valence-electron chi connectivity index (χ2n) is 3.42. The van der Waals surface area contributed by atoms with E-state index in [1.807, 2.05) is 0 Å². The molecule has 18 heavy (non-hydrogen) atoms. The van der Waals surface area contributed by atoms with Crippen LogP contribution in [-0.2, 0) is 14.4 Å². The van der Waals surface area contributed by atoms with Gasteiger partial charge in [-0.2, -0.15) is 0 Å². The summed E-state index contributed by atoms with van der Waals surface area (Å²) in [6, 6.07) is 6.74. The molecule has 4 nitrogen and oxygen atoms in total. The molecule has 0 fully saturated rings. The first-order valence-electron chi connectivity index (χ1n) is 4.76. The quantitative estimate of drug-likeness (QED) is 0.646. The van der Waals surface area contributed by atoms with Gasteiger partial charge in [-0.1, -0.05) is 57.1 Å². The minimum atomic E-state index is -2.85. The first kappa shape index (κ1) is 13.8. The average molecular weight is 368 g/mol. The number of nitrogens with zero attached hydrogens (tertiary/aromatic N) is 1. The molecule has 0 spiro atoms. The molecule has 0 bridgehead atoms. The summed E-state index contributed by atoms with van der Waals surface area (Å²) in [7, 11) is -2.85. The summed E-state index contributed by atoms with van der Waals surface area (Å²) in [5.74, 6) is 0. The molecule has 1 heterocycles. The smallest absolute Gasteiger partial charge is 0.186 e. The lowest BCUT2D eigenvalue weighted by Crippen LogP contribution is -2.20. The molecule has 2 aromatic rings. The van der Waals surface area contributed by atoms with E-state index in [4.69, 9.17) is 17.3 Å². The van der Waals surface area contributed by atoms with Crippen LogP contribution >= 0.6 is 38.9 Å². The van der Waals surface area contributed by atoms with Gasteiger partial charge in [-0.05, 0) is 6.07 Å². The Labute approximate surface area is 123 Å². The van der Waals surface area contributed by atoms with Crippen LogP contribution < -0.4 is 5.73 Å². The fourth-order valence-corrected chi connectivity index (χ4v) is 4.31. The molecule has 0 aliphatic heterocycles. The van der Waals surface area contributed by atoms with Crippen LogP contribution in [-0.4, -0.2) is 13.4 Å². The molecule has 0 aliphatic rings. The van der Waals surface area contributed by atoms with Crippen molar-refractivity contribution in [2.45, 2.75) is 3.66 Å². The molecule has 8 heteroatoms. The number of aromatic nitrogens is 1. The number of benzene rings is 1. The highest BCUT2D eigenvalue weighted by atomic mass is 79.9. The number of anilines is 1. The van der Waals surface area contributed by atoms with Crippen molar-refractivity contribution in [3.05, 3.63) is 45.9 Å². The largest absolute Gasteiger partial charge is 0.375 e. The monoisotopic (exact) mass is 366 g/mol. The maximum absolute atomic E-state index is 11.7. The Kier molecular flexibility index (Phi) is 3.96. The second-order valence-corrected chi connectivity index (χ2v) is 7.88. The predicted molar refractivity (Wildman–Crippen MR) is 78.0 cm³/mol. The summed E-state index contributed by atoms with van der Waals surface area (Å²) in [5, 5.41) is 0.665. The molecular formula is C10H8BrClN2O2S2. The molecule has 0 amide bonds. The van der Waals surface area contributed by atoms with Crippen molar-refractivity contribution in [2.24, 2.45) is 0 Å². The number of thiol groups is 1. The summed E-state index contributed by atoms with van der Waals surface area (Å²) >= 11 is 10.4. The van der Waals surface area contributed by atoms with Crippen molar-refractivity contribution in [2.75, 3.05) is 5.73 Å². The van der Waals surface area contributed by atoms with Gasteiger partial charge in [-0.25, -0.2) is 13.4 Å². The molecule has 2 rings (SSSR count). The number of hydrogen-bond acceptors (Lipinski definition) is 5. The summed E-state index contributed by atoms with van der Waals surface area (Å²) in [6.45, 7) is 0. The highest BCUT2D eigenvalue weighted by Crippen LogP contribution is 2.45.